The van der Waals surface area contributed by atoms with Gasteiger partial charge in [-0.25, -0.2) is 13.2 Å². The molecular formula is C16H17NO4S2. The van der Waals surface area contributed by atoms with Crippen LogP contribution in [0.2, 0.25) is 0 Å². The Hall–Kier alpha value is -1.70. The molecular weight excluding hydrogens is 334 g/mol. The monoisotopic (exact) mass is 351 g/mol. The number of methoxy groups -OCH3 is 1. The van der Waals surface area contributed by atoms with Crippen molar-refractivity contribution in [3.05, 3.63) is 52.2 Å². The van der Waals surface area contributed by atoms with E-state index in [0.29, 0.717) is 12.1 Å². The maximum absolute atomic E-state index is 12.9. The van der Waals surface area contributed by atoms with Crippen LogP contribution in [-0.2, 0) is 14.8 Å². The molecule has 7 heteroatoms. The molecule has 0 unspecified atom stereocenters. The lowest BCUT2D eigenvalue weighted by molar-refractivity contribution is 0.0600. The summed E-state index contributed by atoms with van der Waals surface area (Å²) in [5.74, 6) is -0.480. The number of thiophene rings is 1. The van der Waals surface area contributed by atoms with Crippen molar-refractivity contribution in [2.45, 2.75) is 23.8 Å². The quantitative estimate of drug-likeness (QED) is 0.794. The Bertz CT molecular complexity index is 782. The first kappa shape index (κ1) is 16.2. The molecule has 0 radical (unpaired) electrons. The zero-order valence-corrected chi connectivity index (χ0v) is 14.3. The molecule has 1 fully saturated rings. The molecule has 2 aromatic rings. The number of rotatable bonds is 4. The summed E-state index contributed by atoms with van der Waals surface area (Å²) in [6.07, 6.45) is 1.68. The molecule has 1 atom stereocenters. The van der Waals surface area contributed by atoms with Crippen LogP contribution in [0.5, 0.6) is 0 Å². The molecule has 122 valence electrons. The molecule has 0 amide bonds. The average Bonchev–Trinajstić information content (AvgIpc) is 3.24. The number of benzene rings is 1. The predicted molar refractivity (Wildman–Crippen MR) is 88.0 cm³/mol. The minimum Gasteiger partial charge on any atom is -0.465 e. The second-order valence-corrected chi connectivity index (χ2v) is 8.17. The fourth-order valence-electron chi connectivity index (χ4n) is 2.81. The third-order valence-corrected chi connectivity index (χ3v) is 6.85. The van der Waals surface area contributed by atoms with Crippen LogP contribution in [0.25, 0.3) is 0 Å². The molecule has 1 aliphatic rings. The van der Waals surface area contributed by atoms with Crippen molar-refractivity contribution in [2.75, 3.05) is 13.7 Å². The van der Waals surface area contributed by atoms with Gasteiger partial charge in [-0.1, -0.05) is 6.07 Å². The van der Waals surface area contributed by atoms with Crippen molar-refractivity contribution in [3.8, 4) is 0 Å². The van der Waals surface area contributed by atoms with Gasteiger partial charge in [0.15, 0.2) is 0 Å². The number of carbonyl (C=O) groups excluding carboxylic acids is 1. The zero-order chi connectivity index (χ0) is 16.4. The SMILES string of the molecule is COC(=O)c1ccc(S(=O)(=O)N2CCC[C@@H]2c2cccs2)cc1. The van der Waals surface area contributed by atoms with E-state index in [4.69, 9.17) is 0 Å². The van der Waals surface area contributed by atoms with Crippen LogP contribution in [0.15, 0.2) is 46.7 Å². The van der Waals surface area contributed by atoms with Gasteiger partial charge in [-0.15, -0.1) is 11.3 Å². The molecule has 1 aromatic carbocycles. The van der Waals surface area contributed by atoms with Gasteiger partial charge < -0.3 is 4.74 Å². The average molecular weight is 351 g/mol. The second kappa shape index (κ2) is 6.43. The largest absolute Gasteiger partial charge is 0.465 e. The van der Waals surface area contributed by atoms with E-state index >= 15 is 0 Å². The third-order valence-electron chi connectivity index (χ3n) is 3.96. The Labute approximate surface area is 139 Å². The molecule has 1 saturated heterocycles. The van der Waals surface area contributed by atoms with Gasteiger partial charge in [0.05, 0.1) is 23.6 Å². The third kappa shape index (κ3) is 3.04. The highest BCUT2D eigenvalue weighted by atomic mass is 32.2. The Kier molecular flexibility index (Phi) is 4.52. The molecule has 1 aliphatic heterocycles. The highest BCUT2D eigenvalue weighted by Crippen LogP contribution is 2.38. The van der Waals surface area contributed by atoms with Gasteiger partial charge in [0, 0.05) is 11.4 Å². The normalized spacial score (nSPS) is 18.9. The van der Waals surface area contributed by atoms with E-state index in [2.05, 4.69) is 4.74 Å². The molecule has 0 saturated carbocycles. The Balaban J connectivity index is 1.90. The van der Waals surface area contributed by atoms with Gasteiger partial charge in [-0.05, 0) is 48.6 Å². The van der Waals surface area contributed by atoms with Crippen LogP contribution in [0.1, 0.15) is 34.1 Å². The van der Waals surface area contributed by atoms with Crippen LogP contribution in [-0.4, -0.2) is 32.3 Å². The lowest BCUT2D eigenvalue weighted by atomic mass is 10.2. The van der Waals surface area contributed by atoms with Gasteiger partial charge in [-0.2, -0.15) is 4.31 Å². The van der Waals surface area contributed by atoms with Gasteiger partial charge >= 0.3 is 5.97 Å². The van der Waals surface area contributed by atoms with Gasteiger partial charge in [0.1, 0.15) is 0 Å². The number of esters is 1. The van der Waals surface area contributed by atoms with Crippen molar-refractivity contribution in [1.82, 2.24) is 4.31 Å². The van der Waals surface area contributed by atoms with Crippen LogP contribution < -0.4 is 0 Å². The van der Waals surface area contributed by atoms with Crippen molar-refractivity contribution in [3.63, 3.8) is 0 Å². The first-order chi connectivity index (χ1) is 11.0. The molecule has 23 heavy (non-hydrogen) atoms. The fraction of sp³-hybridized carbons (Fsp3) is 0.312. The lowest BCUT2D eigenvalue weighted by Gasteiger charge is -2.23. The second-order valence-electron chi connectivity index (χ2n) is 5.31. The molecule has 0 N–H and O–H groups in total. The summed E-state index contributed by atoms with van der Waals surface area (Å²) in [5.41, 5.74) is 0.336. The van der Waals surface area contributed by atoms with E-state index in [-0.39, 0.29) is 10.9 Å². The Morgan fingerprint density at radius 3 is 2.61 bits per heavy atom. The predicted octanol–water partition coefficient (Wildman–Crippen LogP) is 3.06. The maximum Gasteiger partial charge on any atom is 0.337 e. The standard InChI is InChI=1S/C16H17NO4S2/c1-21-16(18)12-6-8-13(9-7-12)23(19,20)17-10-2-4-14(17)15-5-3-11-22-15/h3,5-9,11,14H,2,4,10H2,1H3/t14-/m1/s1. The van der Waals surface area contributed by atoms with E-state index in [0.717, 1.165) is 17.7 Å². The number of carbonyl (C=O) groups is 1. The highest BCUT2D eigenvalue weighted by molar-refractivity contribution is 7.89. The maximum atomic E-state index is 12.9. The summed E-state index contributed by atoms with van der Waals surface area (Å²) in [6.45, 7) is 0.518. The van der Waals surface area contributed by atoms with Crippen molar-refractivity contribution < 1.29 is 17.9 Å². The van der Waals surface area contributed by atoms with E-state index in [1.54, 1.807) is 15.6 Å². The summed E-state index contributed by atoms with van der Waals surface area (Å²) in [7, 11) is -2.28. The van der Waals surface area contributed by atoms with E-state index < -0.39 is 16.0 Å². The van der Waals surface area contributed by atoms with Gasteiger partial charge in [0.25, 0.3) is 0 Å². The minimum absolute atomic E-state index is 0.0970. The fourth-order valence-corrected chi connectivity index (χ4v) is 5.42. The molecule has 2 heterocycles. The molecule has 0 bridgehead atoms. The summed E-state index contributed by atoms with van der Waals surface area (Å²) in [6, 6.07) is 9.71. The molecule has 5 nitrogen and oxygen atoms in total. The number of nitrogens with zero attached hydrogens (tertiary/aromatic N) is 1. The summed E-state index contributed by atoms with van der Waals surface area (Å²) >= 11 is 1.58. The first-order valence-electron chi connectivity index (χ1n) is 7.27. The summed E-state index contributed by atoms with van der Waals surface area (Å²) < 4.78 is 32.0. The van der Waals surface area contributed by atoms with Crippen molar-refractivity contribution >= 4 is 27.3 Å². The van der Waals surface area contributed by atoms with Gasteiger partial charge in [0.2, 0.25) is 10.0 Å². The molecule has 1 aromatic heterocycles. The van der Waals surface area contributed by atoms with Crippen molar-refractivity contribution in [2.24, 2.45) is 0 Å². The minimum atomic E-state index is -3.58. The van der Waals surface area contributed by atoms with E-state index in [9.17, 15) is 13.2 Å². The van der Waals surface area contributed by atoms with Crippen LogP contribution >= 0.6 is 11.3 Å². The smallest absolute Gasteiger partial charge is 0.337 e. The van der Waals surface area contributed by atoms with Crippen LogP contribution in [0.3, 0.4) is 0 Å². The number of sulfonamides is 1. The topological polar surface area (TPSA) is 63.7 Å². The first-order valence-corrected chi connectivity index (χ1v) is 9.59. The number of ether oxygens (including phenoxy) is 1. The summed E-state index contributed by atoms with van der Waals surface area (Å²) in [4.78, 5) is 12.7. The van der Waals surface area contributed by atoms with Crippen LogP contribution in [0, 0.1) is 0 Å². The van der Waals surface area contributed by atoms with E-state index in [1.165, 1.54) is 31.4 Å². The molecule has 3 rings (SSSR count). The highest BCUT2D eigenvalue weighted by Gasteiger charge is 2.36. The Morgan fingerprint density at radius 2 is 2.00 bits per heavy atom. The van der Waals surface area contributed by atoms with Gasteiger partial charge in [-0.3, -0.25) is 0 Å². The van der Waals surface area contributed by atoms with Crippen molar-refractivity contribution in [1.29, 1.82) is 0 Å². The lowest BCUT2D eigenvalue weighted by Crippen LogP contribution is -2.30. The molecule has 0 aliphatic carbocycles. The number of hydrogen-bond acceptors (Lipinski definition) is 5. The summed E-state index contributed by atoms with van der Waals surface area (Å²) in [5, 5.41) is 1.96. The number of hydrogen-bond donors (Lipinski definition) is 0. The van der Waals surface area contributed by atoms with E-state index in [1.807, 2.05) is 17.5 Å². The Morgan fingerprint density at radius 1 is 1.26 bits per heavy atom. The zero-order valence-electron chi connectivity index (χ0n) is 12.6. The van der Waals surface area contributed by atoms with Crippen LogP contribution in [0.4, 0.5) is 0 Å². The molecule has 0 spiro atoms.